The van der Waals surface area contributed by atoms with Crippen molar-refractivity contribution < 1.29 is 4.79 Å². The second kappa shape index (κ2) is 16.1. The van der Waals surface area contributed by atoms with Gasteiger partial charge in [0.1, 0.15) is 0 Å². The minimum Gasteiger partial charge on any atom is -0.370 e. The summed E-state index contributed by atoms with van der Waals surface area (Å²) < 4.78 is 0. The van der Waals surface area contributed by atoms with Crippen LogP contribution in [-0.2, 0) is 0 Å². The molecule has 0 saturated carbocycles. The SMILES string of the molecule is CCCCCCCCCCCCN=C(N)NC(N)=O.Cl. The maximum Gasteiger partial charge on any atom is 0.318 e. The zero-order valence-electron chi connectivity index (χ0n) is 12.7. The van der Waals surface area contributed by atoms with Gasteiger partial charge in [0.2, 0.25) is 0 Å². The van der Waals surface area contributed by atoms with Crippen LogP contribution in [0.2, 0.25) is 0 Å². The van der Waals surface area contributed by atoms with Crippen LogP contribution >= 0.6 is 12.4 Å². The third-order valence-corrected chi connectivity index (χ3v) is 3.05. The molecule has 0 aromatic carbocycles. The highest BCUT2D eigenvalue weighted by molar-refractivity contribution is 5.94. The van der Waals surface area contributed by atoms with E-state index >= 15 is 0 Å². The summed E-state index contributed by atoms with van der Waals surface area (Å²) in [6.45, 7) is 2.90. The van der Waals surface area contributed by atoms with Gasteiger partial charge in [0.25, 0.3) is 0 Å². The number of hydrogen-bond acceptors (Lipinski definition) is 2. The van der Waals surface area contributed by atoms with E-state index in [0.717, 1.165) is 6.42 Å². The quantitative estimate of drug-likeness (QED) is 0.310. The predicted octanol–water partition coefficient (Wildman–Crippen LogP) is 3.31. The van der Waals surface area contributed by atoms with Crippen molar-refractivity contribution in [1.29, 1.82) is 0 Å². The Morgan fingerprint density at radius 3 is 1.80 bits per heavy atom. The van der Waals surface area contributed by atoms with Gasteiger partial charge in [-0.15, -0.1) is 12.4 Å². The van der Waals surface area contributed by atoms with E-state index in [4.69, 9.17) is 11.5 Å². The number of unbranched alkanes of at least 4 members (excludes halogenated alkanes) is 9. The van der Waals surface area contributed by atoms with Crippen LogP contribution in [-0.4, -0.2) is 18.5 Å². The van der Waals surface area contributed by atoms with E-state index in [-0.39, 0.29) is 18.4 Å². The van der Waals surface area contributed by atoms with Crippen LogP contribution in [0.5, 0.6) is 0 Å². The summed E-state index contributed by atoms with van der Waals surface area (Å²) in [5.41, 5.74) is 10.3. The van der Waals surface area contributed by atoms with Gasteiger partial charge in [0, 0.05) is 6.54 Å². The van der Waals surface area contributed by atoms with Gasteiger partial charge in [0.15, 0.2) is 5.96 Å². The molecule has 0 aliphatic carbocycles. The number of hydrogen-bond donors (Lipinski definition) is 3. The molecular formula is C14H31ClN4O. The van der Waals surface area contributed by atoms with Gasteiger partial charge in [-0.05, 0) is 6.42 Å². The van der Waals surface area contributed by atoms with Crippen LogP contribution in [0.3, 0.4) is 0 Å². The van der Waals surface area contributed by atoms with Gasteiger partial charge in [-0.3, -0.25) is 10.3 Å². The number of urea groups is 1. The number of aliphatic imine (C=N–C) groups is 1. The average Bonchev–Trinajstić information content (AvgIpc) is 2.35. The highest BCUT2D eigenvalue weighted by atomic mass is 35.5. The number of rotatable bonds is 11. The van der Waals surface area contributed by atoms with Crippen LogP contribution < -0.4 is 16.8 Å². The average molecular weight is 307 g/mol. The van der Waals surface area contributed by atoms with E-state index in [0.29, 0.717) is 6.54 Å². The zero-order valence-corrected chi connectivity index (χ0v) is 13.5. The first-order valence-electron chi connectivity index (χ1n) is 7.53. The van der Waals surface area contributed by atoms with E-state index < -0.39 is 6.03 Å². The van der Waals surface area contributed by atoms with Gasteiger partial charge >= 0.3 is 6.03 Å². The van der Waals surface area contributed by atoms with Crippen molar-refractivity contribution >= 4 is 24.4 Å². The number of halogens is 1. The van der Waals surface area contributed by atoms with Crippen LogP contribution in [0, 0.1) is 0 Å². The molecule has 0 saturated heterocycles. The molecule has 0 aliphatic heterocycles. The molecule has 0 spiro atoms. The first-order valence-corrected chi connectivity index (χ1v) is 7.53. The minimum absolute atomic E-state index is 0. The number of nitrogens with one attached hydrogen (secondary N) is 1. The van der Waals surface area contributed by atoms with Crippen molar-refractivity contribution in [2.24, 2.45) is 16.5 Å². The van der Waals surface area contributed by atoms with E-state index in [2.05, 4.69) is 17.2 Å². The highest BCUT2D eigenvalue weighted by Gasteiger charge is 1.95. The second-order valence-electron chi connectivity index (χ2n) is 4.94. The lowest BCUT2D eigenvalue weighted by Crippen LogP contribution is -2.40. The van der Waals surface area contributed by atoms with Crippen molar-refractivity contribution in [3.8, 4) is 0 Å². The normalized spacial score (nSPS) is 10.9. The van der Waals surface area contributed by atoms with Crippen LogP contribution in [0.1, 0.15) is 71.1 Å². The number of primary amides is 1. The number of carbonyl (C=O) groups is 1. The summed E-state index contributed by atoms with van der Waals surface area (Å²) >= 11 is 0. The molecule has 2 amide bonds. The molecule has 0 unspecified atom stereocenters. The monoisotopic (exact) mass is 306 g/mol. The Morgan fingerprint density at radius 1 is 0.900 bits per heavy atom. The van der Waals surface area contributed by atoms with Crippen molar-refractivity contribution in [2.75, 3.05) is 6.54 Å². The minimum atomic E-state index is -0.663. The van der Waals surface area contributed by atoms with Crippen molar-refractivity contribution in [3.63, 3.8) is 0 Å². The number of carbonyl (C=O) groups excluding carboxylic acids is 1. The largest absolute Gasteiger partial charge is 0.370 e. The Hall–Kier alpha value is -0.970. The molecule has 0 atom stereocenters. The molecule has 20 heavy (non-hydrogen) atoms. The van der Waals surface area contributed by atoms with Crippen molar-refractivity contribution in [1.82, 2.24) is 5.32 Å². The predicted molar refractivity (Wildman–Crippen MR) is 88.3 cm³/mol. The molecule has 5 N–H and O–H groups in total. The molecule has 0 aliphatic rings. The Labute approximate surface area is 129 Å². The van der Waals surface area contributed by atoms with E-state index in [1.54, 1.807) is 0 Å². The third kappa shape index (κ3) is 17.0. The van der Waals surface area contributed by atoms with Gasteiger partial charge in [0.05, 0.1) is 0 Å². The fourth-order valence-corrected chi connectivity index (χ4v) is 1.96. The molecule has 0 aromatic heterocycles. The second-order valence-corrected chi connectivity index (χ2v) is 4.94. The molecule has 0 radical (unpaired) electrons. The summed E-state index contributed by atoms with van der Waals surface area (Å²) in [5, 5.41) is 2.24. The van der Waals surface area contributed by atoms with E-state index in [1.165, 1.54) is 57.8 Å². The third-order valence-electron chi connectivity index (χ3n) is 3.05. The molecule has 6 heteroatoms. The number of amides is 2. The van der Waals surface area contributed by atoms with Crippen LogP contribution in [0.15, 0.2) is 4.99 Å². The molecule has 0 bridgehead atoms. The van der Waals surface area contributed by atoms with Gasteiger partial charge in [-0.1, -0.05) is 64.7 Å². The lowest BCUT2D eigenvalue weighted by atomic mass is 10.1. The van der Waals surface area contributed by atoms with Crippen LogP contribution in [0.4, 0.5) is 4.79 Å². The standard InChI is InChI=1S/C14H30N4O.ClH/c1-2-3-4-5-6-7-8-9-10-11-12-17-13(15)18-14(16)19;/h2-12H2,1H3,(H5,15,16,17,18,19);1H. The molecule has 0 fully saturated rings. The van der Waals surface area contributed by atoms with Gasteiger partial charge in [-0.2, -0.15) is 0 Å². The molecule has 0 heterocycles. The lowest BCUT2D eigenvalue weighted by Gasteiger charge is -2.02. The topological polar surface area (TPSA) is 93.5 Å². The molecule has 0 rings (SSSR count). The fraction of sp³-hybridized carbons (Fsp3) is 0.857. The van der Waals surface area contributed by atoms with Crippen LogP contribution in [0.25, 0.3) is 0 Å². The molecular weight excluding hydrogens is 276 g/mol. The van der Waals surface area contributed by atoms with E-state index in [1.807, 2.05) is 0 Å². The smallest absolute Gasteiger partial charge is 0.318 e. The Balaban J connectivity index is 0. The molecule has 5 nitrogen and oxygen atoms in total. The van der Waals surface area contributed by atoms with Crippen molar-refractivity contribution in [3.05, 3.63) is 0 Å². The first kappa shape index (κ1) is 21.3. The summed E-state index contributed by atoms with van der Waals surface area (Å²) in [7, 11) is 0. The lowest BCUT2D eigenvalue weighted by molar-refractivity contribution is 0.253. The number of nitrogens with two attached hydrogens (primary N) is 2. The zero-order chi connectivity index (χ0) is 14.3. The number of guanidine groups is 1. The maximum atomic E-state index is 10.5. The molecule has 120 valence electrons. The summed E-state index contributed by atoms with van der Waals surface area (Å²) in [5.74, 6) is 0.114. The van der Waals surface area contributed by atoms with Gasteiger partial charge < -0.3 is 11.5 Å². The Bertz CT molecular complexity index is 260. The fourth-order valence-electron chi connectivity index (χ4n) is 1.96. The summed E-state index contributed by atoms with van der Waals surface area (Å²) in [6, 6.07) is -0.663. The Kier molecular flexibility index (Phi) is 17.2. The first-order chi connectivity index (χ1) is 9.16. The van der Waals surface area contributed by atoms with Crippen molar-refractivity contribution in [2.45, 2.75) is 71.1 Å². The summed E-state index contributed by atoms with van der Waals surface area (Å²) in [4.78, 5) is 14.5. The highest BCUT2D eigenvalue weighted by Crippen LogP contribution is 2.10. The van der Waals surface area contributed by atoms with E-state index in [9.17, 15) is 4.79 Å². The molecule has 0 aromatic rings. The summed E-state index contributed by atoms with van der Waals surface area (Å²) in [6.07, 6.45) is 12.9. The van der Waals surface area contributed by atoms with Gasteiger partial charge in [-0.25, -0.2) is 4.79 Å². The maximum absolute atomic E-state index is 10.5. The number of nitrogens with zero attached hydrogens (tertiary/aromatic N) is 1. The Morgan fingerprint density at radius 2 is 1.35 bits per heavy atom.